The van der Waals surface area contributed by atoms with Gasteiger partial charge in [0.15, 0.2) is 0 Å². The zero-order valence-corrected chi connectivity index (χ0v) is 17.8. The third-order valence-corrected chi connectivity index (χ3v) is 5.11. The highest BCUT2D eigenvalue weighted by molar-refractivity contribution is 6.08. The van der Waals surface area contributed by atoms with E-state index >= 15 is 0 Å². The van der Waals surface area contributed by atoms with Crippen molar-refractivity contribution in [1.29, 1.82) is 0 Å². The van der Waals surface area contributed by atoms with Crippen LogP contribution in [-0.4, -0.2) is 53.9 Å². The first-order valence-electron chi connectivity index (χ1n) is 10.5. The van der Waals surface area contributed by atoms with Crippen molar-refractivity contribution in [3.8, 4) is 0 Å². The summed E-state index contributed by atoms with van der Waals surface area (Å²) in [6.07, 6.45) is 0. The SMILES string of the molecule is NCCNC(=O)c1ccc2[nH]c(C(=O)Nc3ccc4[nH]c(C(=O)NCCN)cc4c3)cc2c1. The molecule has 2 aromatic heterocycles. The minimum Gasteiger partial charge on any atom is -0.351 e. The smallest absolute Gasteiger partial charge is 0.272 e. The first kappa shape index (κ1) is 22.1. The van der Waals surface area contributed by atoms with Gasteiger partial charge in [0.2, 0.25) is 0 Å². The summed E-state index contributed by atoms with van der Waals surface area (Å²) in [5, 5.41) is 9.82. The van der Waals surface area contributed by atoms with Crippen molar-refractivity contribution in [3.63, 3.8) is 0 Å². The third-order valence-electron chi connectivity index (χ3n) is 5.11. The van der Waals surface area contributed by atoms with Crippen LogP contribution >= 0.6 is 0 Å². The van der Waals surface area contributed by atoms with E-state index in [1.165, 1.54) is 0 Å². The van der Waals surface area contributed by atoms with Crippen molar-refractivity contribution in [2.24, 2.45) is 11.5 Å². The van der Waals surface area contributed by atoms with E-state index in [-0.39, 0.29) is 17.7 Å². The Hall–Kier alpha value is -4.15. The Labute approximate surface area is 189 Å². The van der Waals surface area contributed by atoms with Gasteiger partial charge in [0.25, 0.3) is 17.7 Å². The van der Waals surface area contributed by atoms with Gasteiger partial charge in [0.1, 0.15) is 11.4 Å². The number of nitrogens with one attached hydrogen (secondary N) is 5. The average molecular weight is 447 g/mol. The van der Waals surface area contributed by atoms with Gasteiger partial charge in [0.05, 0.1) is 0 Å². The first-order valence-corrected chi connectivity index (χ1v) is 10.5. The Morgan fingerprint density at radius 2 is 1.27 bits per heavy atom. The van der Waals surface area contributed by atoms with Gasteiger partial charge in [-0.25, -0.2) is 0 Å². The molecule has 9 N–H and O–H groups in total. The summed E-state index contributed by atoms with van der Waals surface area (Å²) in [5.41, 5.74) is 14.2. The molecule has 33 heavy (non-hydrogen) atoms. The van der Waals surface area contributed by atoms with Gasteiger partial charge >= 0.3 is 0 Å². The molecule has 2 heterocycles. The summed E-state index contributed by atoms with van der Waals surface area (Å²) in [5.74, 6) is -0.780. The standard InChI is InChI=1S/C23H25N7O3/c24-5-7-26-21(31)13-1-3-17-14(9-13)11-20(30-17)23(33)28-16-2-4-18-15(10-16)12-19(29-18)22(32)27-8-6-25/h1-4,9-12,29-30H,5-8,24-25H2,(H,26,31)(H,27,32)(H,28,33). The molecule has 10 heteroatoms. The molecular weight excluding hydrogens is 422 g/mol. The lowest BCUT2D eigenvalue weighted by molar-refractivity contribution is 0.0944. The third kappa shape index (κ3) is 4.86. The van der Waals surface area contributed by atoms with E-state index in [0.29, 0.717) is 48.8 Å². The number of H-pyrrole nitrogens is 2. The van der Waals surface area contributed by atoms with E-state index in [2.05, 4.69) is 25.9 Å². The van der Waals surface area contributed by atoms with Gasteiger partial charge in [-0.2, -0.15) is 0 Å². The maximum Gasteiger partial charge on any atom is 0.272 e. The van der Waals surface area contributed by atoms with Crippen molar-refractivity contribution in [2.75, 3.05) is 31.5 Å². The van der Waals surface area contributed by atoms with Gasteiger partial charge < -0.3 is 37.4 Å². The van der Waals surface area contributed by atoms with Crippen LogP contribution in [0.3, 0.4) is 0 Å². The fourth-order valence-electron chi connectivity index (χ4n) is 3.50. The molecule has 0 unspecified atom stereocenters. The molecule has 0 radical (unpaired) electrons. The molecule has 0 bridgehead atoms. The lowest BCUT2D eigenvalue weighted by atomic mass is 10.1. The Balaban J connectivity index is 1.50. The summed E-state index contributed by atoms with van der Waals surface area (Å²) >= 11 is 0. The number of carbonyl (C=O) groups is 3. The van der Waals surface area contributed by atoms with Gasteiger partial charge in [-0.3, -0.25) is 14.4 Å². The predicted octanol–water partition coefficient (Wildman–Crippen LogP) is 1.28. The molecule has 0 fully saturated rings. The van der Waals surface area contributed by atoms with E-state index in [4.69, 9.17) is 11.5 Å². The number of anilines is 1. The molecule has 0 saturated carbocycles. The first-order chi connectivity index (χ1) is 16.0. The number of carbonyl (C=O) groups excluding carboxylic acids is 3. The summed E-state index contributed by atoms with van der Waals surface area (Å²) in [7, 11) is 0. The highest BCUT2D eigenvalue weighted by Gasteiger charge is 2.14. The summed E-state index contributed by atoms with van der Waals surface area (Å²) in [4.78, 5) is 43.2. The fraction of sp³-hybridized carbons (Fsp3) is 0.174. The van der Waals surface area contributed by atoms with E-state index in [0.717, 1.165) is 21.8 Å². The van der Waals surface area contributed by atoms with Gasteiger partial charge in [-0.05, 0) is 48.5 Å². The van der Waals surface area contributed by atoms with E-state index < -0.39 is 0 Å². The molecule has 0 spiro atoms. The molecule has 3 amide bonds. The number of aromatic nitrogens is 2. The van der Waals surface area contributed by atoms with Crippen LogP contribution in [0.5, 0.6) is 0 Å². The number of hydrogen-bond acceptors (Lipinski definition) is 5. The zero-order chi connectivity index (χ0) is 23.4. The Bertz CT molecular complexity index is 1340. The maximum atomic E-state index is 12.8. The minimum atomic E-state index is -0.323. The van der Waals surface area contributed by atoms with Crippen LogP contribution in [0.15, 0.2) is 48.5 Å². The second kappa shape index (κ2) is 9.55. The van der Waals surface area contributed by atoms with Gasteiger partial charge in [-0.1, -0.05) is 0 Å². The Morgan fingerprint density at radius 1 is 0.697 bits per heavy atom. The van der Waals surface area contributed by atoms with Crippen LogP contribution in [-0.2, 0) is 0 Å². The Morgan fingerprint density at radius 3 is 1.94 bits per heavy atom. The molecule has 4 rings (SSSR count). The summed E-state index contributed by atoms with van der Waals surface area (Å²) < 4.78 is 0. The highest BCUT2D eigenvalue weighted by Crippen LogP contribution is 2.22. The molecule has 0 aliphatic heterocycles. The molecular formula is C23H25N7O3. The summed E-state index contributed by atoms with van der Waals surface area (Å²) in [6, 6.07) is 13.9. The number of nitrogens with two attached hydrogens (primary N) is 2. The van der Waals surface area contributed by atoms with Crippen LogP contribution in [0, 0.1) is 0 Å². The molecule has 0 atom stereocenters. The van der Waals surface area contributed by atoms with Crippen LogP contribution in [0.2, 0.25) is 0 Å². The monoisotopic (exact) mass is 447 g/mol. The van der Waals surface area contributed by atoms with Gasteiger partial charge in [0, 0.05) is 59.2 Å². The maximum absolute atomic E-state index is 12.8. The molecule has 10 nitrogen and oxygen atoms in total. The Kier molecular flexibility index (Phi) is 6.38. The van der Waals surface area contributed by atoms with E-state index in [9.17, 15) is 14.4 Å². The second-order valence-corrected chi connectivity index (χ2v) is 7.51. The minimum absolute atomic E-state index is 0.217. The lowest BCUT2D eigenvalue weighted by Gasteiger charge is -2.03. The van der Waals surface area contributed by atoms with E-state index in [1.54, 1.807) is 48.5 Å². The molecule has 2 aromatic carbocycles. The highest BCUT2D eigenvalue weighted by atomic mass is 16.2. The zero-order valence-electron chi connectivity index (χ0n) is 17.8. The normalized spacial score (nSPS) is 11.0. The fourth-order valence-corrected chi connectivity index (χ4v) is 3.50. The number of rotatable bonds is 8. The molecule has 0 saturated heterocycles. The summed E-state index contributed by atoms with van der Waals surface area (Å²) in [6.45, 7) is 1.50. The number of amides is 3. The average Bonchev–Trinajstić information content (AvgIpc) is 3.44. The number of aromatic amines is 2. The van der Waals surface area contributed by atoms with Crippen molar-refractivity contribution in [1.82, 2.24) is 20.6 Å². The van der Waals surface area contributed by atoms with Crippen LogP contribution in [0.25, 0.3) is 21.8 Å². The van der Waals surface area contributed by atoms with Crippen molar-refractivity contribution in [3.05, 3.63) is 65.5 Å². The van der Waals surface area contributed by atoms with Gasteiger partial charge in [-0.15, -0.1) is 0 Å². The second-order valence-electron chi connectivity index (χ2n) is 7.51. The topological polar surface area (TPSA) is 171 Å². The molecule has 0 aliphatic rings. The van der Waals surface area contributed by atoms with E-state index in [1.807, 2.05) is 0 Å². The van der Waals surface area contributed by atoms with Crippen molar-refractivity contribution in [2.45, 2.75) is 0 Å². The number of benzene rings is 2. The van der Waals surface area contributed by atoms with Crippen molar-refractivity contribution < 1.29 is 14.4 Å². The molecule has 4 aromatic rings. The number of hydrogen-bond donors (Lipinski definition) is 7. The molecule has 170 valence electrons. The van der Waals surface area contributed by atoms with Crippen LogP contribution in [0.1, 0.15) is 31.3 Å². The quantitative estimate of drug-likeness (QED) is 0.215. The number of fused-ring (bicyclic) bond motifs is 2. The molecule has 0 aliphatic carbocycles. The largest absolute Gasteiger partial charge is 0.351 e. The van der Waals surface area contributed by atoms with Crippen LogP contribution in [0.4, 0.5) is 5.69 Å². The lowest BCUT2D eigenvalue weighted by Crippen LogP contribution is -2.29. The predicted molar refractivity (Wildman–Crippen MR) is 127 cm³/mol. The van der Waals surface area contributed by atoms with Crippen LogP contribution < -0.4 is 27.4 Å². The van der Waals surface area contributed by atoms with Crippen molar-refractivity contribution >= 4 is 45.2 Å².